The van der Waals surface area contributed by atoms with Gasteiger partial charge in [-0.15, -0.1) is 0 Å². The summed E-state index contributed by atoms with van der Waals surface area (Å²) in [6, 6.07) is 3.95. The lowest BCUT2D eigenvalue weighted by atomic mass is 9.95. The molecule has 1 aliphatic carbocycles. The topological polar surface area (TPSA) is 73.2 Å². The molecule has 7 heteroatoms. The van der Waals surface area contributed by atoms with E-state index in [1.807, 2.05) is 10.6 Å². The number of thiazole rings is 1. The van der Waals surface area contributed by atoms with Crippen LogP contribution in [-0.2, 0) is 6.54 Å². The normalized spacial score (nSPS) is 15.8. The molecule has 3 rings (SSSR count). The molecular weight excluding hydrogens is 318 g/mol. The average Bonchev–Trinajstić information content (AvgIpc) is 3.14. The van der Waals surface area contributed by atoms with Crippen LogP contribution in [0, 0.1) is 3.95 Å². The van der Waals surface area contributed by atoms with Gasteiger partial charge in [0, 0.05) is 6.04 Å². The summed E-state index contributed by atoms with van der Waals surface area (Å²) >= 11 is 6.72. The molecule has 2 aromatic rings. The fraction of sp³-hybridized carbons (Fsp3) is 0.467. The maximum atomic E-state index is 12.3. The molecule has 0 aliphatic heterocycles. The highest BCUT2D eigenvalue weighted by Crippen LogP contribution is 2.34. The number of carbonyl (C=O) groups is 1. The van der Waals surface area contributed by atoms with E-state index in [9.17, 15) is 4.79 Å². The third-order valence-corrected chi connectivity index (χ3v) is 5.44. The Morgan fingerprint density at radius 1 is 1.45 bits per heavy atom. The van der Waals surface area contributed by atoms with Gasteiger partial charge in [0.25, 0.3) is 5.91 Å². The number of aromatic nitrogens is 1. The summed E-state index contributed by atoms with van der Waals surface area (Å²) < 4.78 is 7.87. The Bertz CT molecular complexity index is 697. The Balaban J connectivity index is 1.76. The SMILES string of the molecule is Nc1c(C(=O)NCc2ccco2)sc(=S)n1C1CCCCC1. The highest BCUT2D eigenvalue weighted by atomic mass is 32.1. The molecule has 0 atom stereocenters. The summed E-state index contributed by atoms with van der Waals surface area (Å²) in [4.78, 5) is 12.8. The zero-order valence-corrected chi connectivity index (χ0v) is 13.8. The second-order valence-corrected chi connectivity index (χ2v) is 7.15. The van der Waals surface area contributed by atoms with Crippen LogP contribution in [0.2, 0.25) is 0 Å². The summed E-state index contributed by atoms with van der Waals surface area (Å²) in [6.07, 6.45) is 7.42. The van der Waals surface area contributed by atoms with E-state index in [1.165, 1.54) is 30.6 Å². The number of carbonyl (C=O) groups excluding carboxylic acids is 1. The summed E-state index contributed by atoms with van der Waals surface area (Å²) in [6.45, 7) is 0.347. The number of hydrogen-bond acceptors (Lipinski definition) is 5. The lowest BCUT2D eigenvalue weighted by Gasteiger charge is -2.24. The maximum Gasteiger partial charge on any atom is 0.265 e. The zero-order chi connectivity index (χ0) is 15.5. The molecular formula is C15H19N3O2S2. The van der Waals surface area contributed by atoms with Gasteiger partial charge < -0.3 is 20.0 Å². The second-order valence-electron chi connectivity index (χ2n) is 5.51. The molecule has 0 aromatic carbocycles. The molecule has 0 radical (unpaired) electrons. The van der Waals surface area contributed by atoms with E-state index in [-0.39, 0.29) is 5.91 Å². The van der Waals surface area contributed by atoms with E-state index < -0.39 is 0 Å². The van der Waals surface area contributed by atoms with Crippen LogP contribution in [0.5, 0.6) is 0 Å². The van der Waals surface area contributed by atoms with Gasteiger partial charge in [-0.1, -0.05) is 30.6 Å². The molecule has 1 amide bonds. The van der Waals surface area contributed by atoms with Crippen molar-refractivity contribution in [2.75, 3.05) is 5.73 Å². The first-order valence-corrected chi connectivity index (χ1v) is 8.70. The van der Waals surface area contributed by atoms with E-state index in [0.717, 1.165) is 12.8 Å². The molecule has 1 aliphatic rings. The fourth-order valence-corrected chi connectivity index (χ4v) is 4.29. The minimum absolute atomic E-state index is 0.195. The molecule has 5 nitrogen and oxygen atoms in total. The first-order chi connectivity index (χ1) is 10.7. The third-order valence-electron chi connectivity index (χ3n) is 4.03. The number of rotatable bonds is 4. The number of nitrogens with two attached hydrogens (primary N) is 1. The maximum absolute atomic E-state index is 12.3. The van der Waals surface area contributed by atoms with E-state index in [4.69, 9.17) is 22.4 Å². The Morgan fingerprint density at radius 2 is 2.23 bits per heavy atom. The first kappa shape index (κ1) is 15.3. The van der Waals surface area contributed by atoms with Crippen molar-refractivity contribution in [3.8, 4) is 0 Å². The van der Waals surface area contributed by atoms with Gasteiger partial charge in [0.05, 0.1) is 12.8 Å². The Hall–Kier alpha value is -1.60. The predicted octanol–water partition coefficient (Wildman–Crippen LogP) is 3.89. The third kappa shape index (κ3) is 3.10. The van der Waals surface area contributed by atoms with Crippen molar-refractivity contribution in [2.24, 2.45) is 0 Å². The molecule has 118 valence electrons. The smallest absolute Gasteiger partial charge is 0.265 e. The number of hydrogen-bond donors (Lipinski definition) is 2. The highest BCUT2D eigenvalue weighted by molar-refractivity contribution is 7.73. The standard InChI is InChI=1S/C15H19N3O2S2/c16-13-12(14(19)17-9-11-7-4-8-20-11)22-15(21)18(13)10-5-2-1-3-6-10/h4,7-8,10H,1-3,5-6,9,16H2,(H,17,19). The Kier molecular flexibility index (Phi) is 4.63. The van der Waals surface area contributed by atoms with Gasteiger partial charge in [0.15, 0.2) is 3.95 Å². The van der Waals surface area contributed by atoms with Crippen LogP contribution in [-0.4, -0.2) is 10.5 Å². The lowest BCUT2D eigenvalue weighted by molar-refractivity contribution is 0.0952. The number of anilines is 1. The molecule has 22 heavy (non-hydrogen) atoms. The predicted molar refractivity (Wildman–Crippen MR) is 89.6 cm³/mol. The van der Waals surface area contributed by atoms with Crippen LogP contribution >= 0.6 is 23.6 Å². The molecule has 0 bridgehead atoms. The van der Waals surface area contributed by atoms with Gasteiger partial charge in [-0.2, -0.15) is 0 Å². The Labute approximate surface area is 138 Å². The molecule has 1 saturated carbocycles. The second kappa shape index (κ2) is 6.66. The molecule has 0 unspecified atom stereocenters. The number of nitrogen functional groups attached to an aromatic ring is 1. The van der Waals surface area contributed by atoms with Crippen LogP contribution in [0.15, 0.2) is 22.8 Å². The minimum Gasteiger partial charge on any atom is -0.467 e. The van der Waals surface area contributed by atoms with Crippen molar-refractivity contribution in [1.29, 1.82) is 0 Å². The van der Waals surface area contributed by atoms with Crippen LogP contribution in [0.1, 0.15) is 53.6 Å². The van der Waals surface area contributed by atoms with Crippen molar-refractivity contribution >= 4 is 35.3 Å². The monoisotopic (exact) mass is 337 g/mol. The summed E-state index contributed by atoms with van der Waals surface area (Å²) in [5, 5.41) is 2.82. The average molecular weight is 337 g/mol. The molecule has 0 saturated heterocycles. The zero-order valence-electron chi connectivity index (χ0n) is 12.2. The number of nitrogens with one attached hydrogen (secondary N) is 1. The van der Waals surface area contributed by atoms with Crippen molar-refractivity contribution < 1.29 is 9.21 Å². The van der Waals surface area contributed by atoms with Crippen molar-refractivity contribution in [1.82, 2.24) is 9.88 Å². The minimum atomic E-state index is -0.195. The summed E-state index contributed by atoms with van der Waals surface area (Å²) in [5.74, 6) is 1.01. The molecule has 1 fully saturated rings. The van der Waals surface area contributed by atoms with Crippen LogP contribution in [0.4, 0.5) is 5.82 Å². The van der Waals surface area contributed by atoms with E-state index >= 15 is 0 Å². The molecule has 0 spiro atoms. The van der Waals surface area contributed by atoms with Gasteiger partial charge in [0.1, 0.15) is 16.5 Å². The van der Waals surface area contributed by atoms with Crippen LogP contribution in [0.3, 0.4) is 0 Å². The van der Waals surface area contributed by atoms with Gasteiger partial charge in [-0.3, -0.25) is 4.79 Å². The van der Waals surface area contributed by atoms with E-state index in [0.29, 0.717) is 33.0 Å². The molecule has 3 N–H and O–H groups in total. The van der Waals surface area contributed by atoms with Crippen LogP contribution < -0.4 is 11.1 Å². The summed E-state index contributed by atoms with van der Waals surface area (Å²) in [7, 11) is 0. The fourth-order valence-electron chi connectivity index (χ4n) is 2.91. The van der Waals surface area contributed by atoms with Crippen LogP contribution in [0.25, 0.3) is 0 Å². The van der Waals surface area contributed by atoms with Crippen molar-refractivity contribution in [3.63, 3.8) is 0 Å². The summed E-state index contributed by atoms with van der Waals surface area (Å²) in [5.41, 5.74) is 6.21. The lowest BCUT2D eigenvalue weighted by Crippen LogP contribution is -2.23. The molecule has 2 heterocycles. The van der Waals surface area contributed by atoms with Crippen molar-refractivity contribution in [2.45, 2.75) is 44.7 Å². The first-order valence-electron chi connectivity index (χ1n) is 7.48. The Morgan fingerprint density at radius 3 is 2.91 bits per heavy atom. The van der Waals surface area contributed by atoms with Gasteiger partial charge in [-0.05, 0) is 37.2 Å². The van der Waals surface area contributed by atoms with Gasteiger partial charge in [0.2, 0.25) is 0 Å². The number of nitrogens with zero attached hydrogens (tertiary/aromatic N) is 1. The van der Waals surface area contributed by atoms with Gasteiger partial charge in [-0.25, -0.2) is 0 Å². The van der Waals surface area contributed by atoms with Gasteiger partial charge >= 0.3 is 0 Å². The molecule has 2 aromatic heterocycles. The van der Waals surface area contributed by atoms with E-state index in [1.54, 1.807) is 12.3 Å². The quantitative estimate of drug-likeness (QED) is 0.830. The highest BCUT2D eigenvalue weighted by Gasteiger charge is 2.23. The van der Waals surface area contributed by atoms with E-state index in [2.05, 4.69) is 5.32 Å². The van der Waals surface area contributed by atoms with Crippen molar-refractivity contribution in [3.05, 3.63) is 33.0 Å². The number of furan rings is 1. The largest absolute Gasteiger partial charge is 0.467 e. The number of amides is 1.